The zero-order chi connectivity index (χ0) is 24.7. The quantitative estimate of drug-likeness (QED) is 0.347. The summed E-state index contributed by atoms with van der Waals surface area (Å²) in [5.74, 6) is 0.764. The molecule has 190 valence electrons. The van der Waals surface area contributed by atoms with Gasteiger partial charge in [0.05, 0.1) is 6.61 Å². The van der Waals surface area contributed by atoms with E-state index in [0.717, 1.165) is 32.1 Å². The van der Waals surface area contributed by atoms with Crippen LogP contribution in [0.5, 0.6) is 6.01 Å². The fourth-order valence-electron chi connectivity index (χ4n) is 3.73. The molecule has 1 saturated heterocycles. The molecule has 1 aliphatic rings. The number of halogens is 1. The zero-order valence-electron chi connectivity index (χ0n) is 20.7. The van der Waals surface area contributed by atoms with Crippen LogP contribution in [0, 0.1) is 5.92 Å². The van der Waals surface area contributed by atoms with E-state index in [2.05, 4.69) is 37.8 Å². The number of hydrogen-bond acceptors (Lipinski definition) is 8. The maximum absolute atomic E-state index is 12.2. The number of nitrogens with zero attached hydrogens (tertiary/aromatic N) is 5. The van der Waals surface area contributed by atoms with Gasteiger partial charge in [-0.25, -0.2) is 9.78 Å². The van der Waals surface area contributed by atoms with Crippen molar-refractivity contribution in [1.29, 1.82) is 0 Å². The molecule has 3 heterocycles. The number of rotatable bonds is 10. The molecule has 1 amide bonds. The Balaban J connectivity index is 1.43. The van der Waals surface area contributed by atoms with E-state index >= 15 is 0 Å². The first kappa shape index (κ1) is 26.5. The van der Waals surface area contributed by atoms with Gasteiger partial charge in [-0.05, 0) is 68.3 Å². The second-order valence-electron chi connectivity index (χ2n) is 9.64. The Kier molecular flexibility index (Phi) is 9.35. The summed E-state index contributed by atoms with van der Waals surface area (Å²) in [7, 11) is 0. The van der Waals surface area contributed by atoms with E-state index in [9.17, 15) is 4.79 Å². The molecule has 2 N–H and O–H groups in total. The van der Waals surface area contributed by atoms with Crippen molar-refractivity contribution in [3.8, 4) is 6.01 Å². The van der Waals surface area contributed by atoms with Gasteiger partial charge in [0, 0.05) is 32.8 Å². The summed E-state index contributed by atoms with van der Waals surface area (Å²) < 4.78 is 19.7. The van der Waals surface area contributed by atoms with Crippen LogP contribution in [-0.2, 0) is 16.0 Å². The highest BCUT2D eigenvalue weighted by Gasteiger charge is 2.26. The van der Waals surface area contributed by atoms with Crippen LogP contribution in [0.4, 0.5) is 10.6 Å². The number of unbranched alkanes of at least 4 members (excludes halogenated alkanes) is 1. The van der Waals surface area contributed by atoms with Crippen molar-refractivity contribution in [3.05, 3.63) is 4.73 Å². The molecule has 0 bridgehead atoms. The number of hydrogen-bond donors (Lipinski definition) is 1. The minimum Gasteiger partial charge on any atom is -0.463 e. The van der Waals surface area contributed by atoms with Gasteiger partial charge in [-0.15, -0.1) is 0 Å². The summed E-state index contributed by atoms with van der Waals surface area (Å²) >= 11 is 3.50. The lowest BCUT2D eigenvalue weighted by Crippen LogP contribution is -2.42. The van der Waals surface area contributed by atoms with Gasteiger partial charge in [0.2, 0.25) is 0 Å². The summed E-state index contributed by atoms with van der Waals surface area (Å²) in [4.78, 5) is 27.2. The summed E-state index contributed by atoms with van der Waals surface area (Å²) in [6, 6.07) is 0.279. The Labute approximate surface area is 209 Å². The molecule has 0 atom stereocenters. The number of imidazole rings is 1. The number of nitrogens with two attached hydrogens (primary N) is 1. The zero-order valence-corrected chi connectivity index (χ0v) is 22.3. The summed E-state index contributed by atoms with van der Waals surface area (Å²) in [6.07, 6.45) is 4.39. The van der Waals surface area contributed by atoms with Gasteiger partial charge >= 0.3 is 12.1 Å². The number of nitrogen functional groups attached to an aromatic ring is 1. The highest BCUT2D eigenvalue weighted by Crippen LogP contribution is 2.25. The van der Waals surface area contributed by atoms with Gasteiger partial charge in [-0.2, -0.15) is 9.97 Å². The predicted molar refractivity (Wildman–Crippen MR) is 134 cm³/mol. The second-order valence-corrected chi connectivity index (χ2v) is 10.3. The third kappa shape index (κ3) is 7.43. The number of carbonyl (C=O) groups is 1. The third-order valence-corrected chi connectivity index (χ3v) is 6.18. The maximum atomic E-state index is 12.2. The lowest BCUT2D eigenvalue weighted by atomic mass is 9.98. The molecule has 2 aromatic rings. The smallest absolute Gasteiger partial charge is 0.410 e. The largest absolute Gasteiger partial charge is 0.463 e. The molecule has 1 aliphatic heterocycles. The van der Waals surface area contributed by atoms with Crippen molar-refractivity contribution in [3.63, 3.8) is 0 Å². The molecule has 11 heteroatoms. The van der Waals surface area contributed by atoms with Crippen molar-refractivity contribution in [1.82, 2.24) is 24.4 Å². The van der Waals surface area contributed by atoms with E-state index in [1.54, 1.807) is 4.90 Å². The molecule has 0 spiro atoms. The van der Waals surface area contributed by atoms with Gasteiger partial charge in [-0.1, -0.05) is 13.3 Å². The summed E-state index contributed by atoms with van der Waals surface area (Å²) in [5, 5.41) is 0. The van der Waals surface area contributed by atoms with Crippen molar-refractivity contribution >= 4 is 39.0 Å². The molecular weight excluding hydrogens is 504 g/mol. The molecule has 2 aromatic heterocycles. The van der Waals surface area contributed by atoms with Crippen LogP contribution in [0.3, 0.4) is 0 Å². The van der Waals surface area contributed by atoms with Crippen molar-refractivity contribution in [2.45, 2.75) is 71.9 Å². The number of fused-ring (bicyclic) bond motifs is 1. The Morgan fingerprint density at radius 3 is 2.56 bits per heavy atom. The third-order valence-electron chi connectivity index (χ3n) is 5.57. The minimum atomic E-state index is -0.464. The molecule has 1 fully saturated rings. The lowest BCUT2D eigenvalue weighted by Gasteiger charge is -2.33. The standard InChI is InChI=1S/C23H37BrN6O4/c1-5-6-14-33-21-27-18(25)17-19(28-21)30(20(24)26-17)10-7-13-32-15-16-8-11-29(12-9-16)22(31)34-23(2,3)4/h16H,5-15H2,1-4H3,(H2,25,27,28). The average molecular weight is 541 g/mol. The predicted octanol–water partition coefficient (Wildman–Crippen LogP) is 4.40. The average Bonchev–Trinajstić information content (AvgIpc) is 3.09. The van der Waals surface area contributed by atoms with Crippen molar-refractivity contribution < 1.29 is 19.0 Å². The van der Waals surface area contributed by atoms with E-state index in [1.807, 2.05) is 25.3 Å². The number of aromatic nitrogens is 4. The summed E-state index contributed by atoms with van der Waals surface area (Å²) in [5.41, 5.74) is 6.83. The topological polar surface area (TPSA) is 118 Å². The fraction of sp³-hybridized carbons (Fsp3) is 0.739. The Morgan fingerprint density at radius 1 is 1.15 bits per heavy atom. The number of piperidine rings is 1. The molecule has 10 nitrogen and oxygen atoms in total. The Bertz CT molecular complexity index is 953. The molecule has 34 heavy (non-hydrogen) atoms. The van der Waals surface area contributed by atoms with Gasteiger partial charge in [-0.3, -0.25) is 0 Å². The van der Waals surface area contributed by atoms with Crippen LogP contribution in [0.1, 0.15) is 59.8 Å². The van der Waals surface area contributed by atoms with Gasteiger partial charge in [0.15, 0.2) is 21.7 Å². The molecule has 0 unspecified atom stereocenters. The highest BCUT2D eigenvalue weighted by molar-refractivity contribution is 9.10. The van der Waals surface area contributed by atoms with E-state index in [0.29, 0.717) is 67.1 Å². The molecule has 0 aromatic carbocycles. The first-order valence-corrected chi connectivity index (χ1v) is 12.8. The number of likely N-dealkylation sites (tertiary alicyclic amines) is 1. The molecule has 3 rings (SSSR count). The second kappa shape index (κ2) is 12.0. The van der Waals surface area contributed by atoms with Crippen LogP contribution in [0.2, 0.25) is 0 Å². The van der Waals surface area contributed by atoms with E-state index in [4.69, 9.17) is 19.9 Å². The normalized spacial score (nSPS) is 15.1. The fourth-order valence-corrected chi connectivity index (χ4v) is 4.25. The molecule has 0 saturated carbocycles. The van der Waals surface area contributed by atoms with Gasteiger partial charge in [0.25, 0.3) is 0 Å². The van der Waals surface area contributed by atoms with Crippen molar-refractivity contribution in [2.75, 3.05) is 38.6 Å². The van der Waals surface area contributed by atoms with Crippen LogP contribution < -0.4 is 10.5 Å². The Hall–Kier alpha value is -2.14. The van der Waals surface area contributed by atoms with Gasteiger partial charge in [0.1, 0.15) is 5.60 Å². The number of ether oxygens (including phenoxy) is 3. The maximum Gasteiger partial charge on any atom is 0.410 e. The summed E-state index contributed by atoms with van der Waals surface area (Å²) in [6.45, 7) is 11.7. The minimum absolute atomic E-state index is 0.228. The number of amides is 1. The number of aryl methyl sites for hydroxylation is 1. The molecule has 0 aliphatic carbocycles. The SMILES string of the molecule is CCCCOc1nc(N)c2nc(Br)n(CCCOCC3CCN(C(=O)OC(C)(C)C)CC3)c2n1. The van der Waals surface area contributed by atoms with E-state index in [-0.39, 0.29) is 12.1 Å². The first-order chi connectivity index (χ1) is 16.2. The van der Waals surface area contributed by atoms with Crippen molar-refractivity contribution in [2.24, 2.45) is 5.92 Å². The van der Waals surface area contributed by atoms with Crippen LogP contribution in [0.15, 0.2) is 4.73 Å². The Morgan fingerprint density at radius 2 is 1.88 bits per heavy atom. The number of anilines is 1. The van der Waals surface area contributed by atoms with E-state index < -0.39 is 5.60 Å². The van der Waals surface area contributed by atoms with Gasteiger partial charge < -0.3 is 29.4 Å². The van der Waals surface area contributed by atoms with E-state index in [1.165, 1.54) is 0 Å². The highest BCUT2D eigenvalue weighted by atomic mass is 79.9. The number of carbonyl (C=O) groups excluding carboxylic acids is 1. The first-order valence-electron chi connectivity index (χ1n) is 12.1. The molecule has 0 radical (unpaired) electrons. The van der Waals surface area contributed by atoms with Crippen LogP contribution >= 0.6 is 15.9 Å². The van der Waals surface area contributed by atoms with Crippen LogP contribution in [0.25, 0.3) is 11.2 Å². The monoisotopic (exact) mass is 540 g/mol. The lowest BCUT2D eigenvalue weighted by molar-refractivity contribution is 0.0115. The van der Waals surface area contributed by atoms with Crippen LogP contribution in [-0.4, -0.2) is 69.0 Å². The molecular formula is C23H37BrN6O4.